The molecule has 148 valence electrons. The molecule has 1 unspecified atom stereocenters. The number of rotatable bonds is 6. The predicted molar refractivity (Wildman–Crippen MR) is 113 cm³/mol. The molecule has 2 aromatic carbocycles. The maximum Gasteiger partial charge on any atom is 0.328 e. The number of aromatic amines is 2. The minimum absolute atomic E-state index is 0.0324. The summed E-state index contributed by atoms with van der Waals surface area (Å²) < 4.78 is 1.08. The number of para-hydroxylation sites is 2. The lowest BCUT2D eigenvalue weighted by molar-refractivity contribution is -0.121. The zero-order valence-corrected chi connectivity index (χ0v) is 16.1. The summed E-state index contributed by atoms with van der Waals surface area (Å²) in [5, 5.41) is 4.52. The molecule has 0 spiro atoms. The van der Waals surface area contributed by atoms with Crippen molar-refractivity contribution < 1.29 is 4.79 Å². The highest BCUT2D eigenvalue weighted by Crippen LogP contribution is 2.19. The average Bonchev–Trinajstić information content (AvgIpc) is 3.10. The van der Waals surface area contributed by atoms with Gasteiger partial charge in [0.25, 0.3) is 5.56 Å². The fourth-order valence-corrected chi connectivity index (χ4v) is 3.64. The Morgan fingerprint density at radius 2 is 1.72 bits per heavy atom. The van der Waals surface area contributed by atoms with Gasteiger partial charge in [0.2, 0.25) is 5.91 Å². The molecule has 0 fully saturated rings. The van der Waals surface area contributed by atoms with Crippen molar-refractivity contribution in [1.29, 1.82) is 0 Å². The average molecular weight is 390 g/mol. The number of aromatic nitrogens is 3. The van der Waals surface area contributed by atoms with Crippen molar-refractivity contribution in [3.05, 3.63) is 81.1 Å². The maximum absolute atomic E-state index is 12.5. The molecule has 4 aromatic rings. The van der Waals surface area contributed by atoms with Gasteiger partial charge in [-0.15, -0.1) is 0 Å². The molecule has 4 rings (SSSR count). The van der Waals surface area contributed by atoms with Crippen LogP contribution in [-0.4, -0.2) is 26.5 Å². The number of hydrogen-bond donors (Lipinski definition) is 3. The molecule has 29 heavy (non-hydrogen) atoms. The van der Waals surface area contributed by atoms with Gasteiger partial charge in [0, 0.05) is 36.1 Å². The molecule has 0 bridgehead atoms. The van der Waals surface area contributed by atoms with Gasteiger partial charge in [0.1, 0.15) is 0 Å². The second-order valence-corrected chi connectivity index (χ2v) is 7.21. The maximum atomic E-state index is 12.5. The number of nitrogens with one attached hydrogen (secondary N) is 3. The van der Waals surface area contributed by atoms with Gasteiger partial charge in [-0.3, -0.25) is 14.2 Å². The molecule has 0 aliphatic heterocycles. The normalized spacial score (nSPS) is 12.3. The number of hydrogen-bond acceptors (Lipinski definition) is 3. The van der Waals surface area contributed by atoms with Crippen molar-refractivity contribution in [3.8, 4) is 0 Å². The molecule has 0 radical (unpaired) electrons. The Hall–Kier alpha value is -3.61. The van der Waals surface area contributed by atoms with E-state index in [1.54, 1.807) is 24.3 Å². The minimum atomic E-state index is -0.506. The number of benzene rings is 2. The van der Waals surface area contributed by atoms with Crippen LogP contribution >= 0.6 is 0 Å². The Morgan fingerprint density at radius 1 is 1.03 bits per heavy atom. The lowest BCUT2D eigenvalue weighted by Crippen LogP contribution is -2.38. The first-order valence-corrected chi connectivity index (χ1v) is 9.59. The Labute approximate surface area is 166 Å². The molecular weight excluding hydrogens is 368 g/mol. The van der Waals surface area contributed by atoms with Crippen LogP contribution in [0.1, 0.15) is 18.9 Å². The van der Waals surface area contributed by atoms with Gasteiger partial charge < -0.3 is 15.3 Å². The van der Waals surface area contributed by atoms with E-state index >= 15 is 0 Å². The zero-order valence-electron chi connectivity index (χ0n) is 16.1. The molecule has 1 amide bonds. The fourth-order valence-electron chi connectivity index (χ4n) is 3.64. The Bertz CT molecular complexity index is 1300. The molecular formula is C22H22N4O3. The van der Waals surface area contributed by atoms with E-state index in [0.717, 1.165) is 21.0 Å². The van der Waals surface area contributed by atoms with E-state index in [1.165, 1.54) is 0 Å². The quantitative estimate of drug-likeness (QED) is 0.471. The summed E-state index contributed by atoms with van der Waals surface area (Å²) in [4.78, 5) is 43.0. The third kappa shape index (κ3) is 3.85. The van der Waals surface area contributed by atoms with Gasteiger partial charge in [0.15, 0.2) is 0 Å². The van der Waals surface area contributed by atoms with E-state index in [-0.39, 0.29) is 30.5 Å². The number of nitrogens with zero attached hydrogens (tertiary/aromatic N) is 1. The number of H-pyrrole nitrogens is 2. The third-order valence-corrected chi connectivity index (χ3v) is 5.06. The first-order chi connectivity index (χ1) is 14.0. The number of carbonyl (C=O) groups is 1. The highest BCUT2D eigenvalue weighted by molar-refractivity contribution is 5.83. The van der Waals surface area contributed by atoms with Crippen LogP contribution in [0.25, 0.3) is 21.8 Å². The lowest BCUT2D eigenvalue weighted by Gasteiger charge is -2.14. The summed E-state index contributed by atoms with van der Waals surface area (Å²) in [6.07, 6.45) is 2.70. The van der Waals surface area contributed by atoms with Gasteiger partial charge in [-0.25, -0.2) is 4.79 Å². The Morgan fingerprint density at radius 3 is 2.52 bits per heavy atom. The number of carbonyl (C=O) groups excluding carboxylic acids is 1. The van der Waals surface area contributed by atoms with Gasteiger partial charge in [-0.05, 0) is 37.1 Å². The molecule has 3 N–H and O–H groups in total. The Balaban J connectivity index is 1.41. The molecule has 1 atom stereocenters. The summed E-state index contributed by atoms with van der Waals surface area (Å²) in [5.74, 6) is -0.197. The van der Waals surface area contributed by atoms with Crippen molar-refractivity contribution in [3.63, 3.8) is 0 Å². The lowest BCUT2D eigenvalue weighted by atomic mass is 10.1. The van der Waals surface area contributed by atoms with Crippen LogP contribution in [0.5, 0.6) is 0 Å². The van der Waals surface area contributed by atoms with Crippen molar-refractivity contribution in [2.24, 2.45) is 0 Å². The number of amides is 1. The smallest absolute Gasteiger partial charge is 0.328 e. The van der Waals surface area contributed by atoms with Crippen LogP contribution in [0.3, 0.4) is 0 Å². The second kappa shape index (κ2) is 7.79. The Kier molecular flexibility index (Phi) is 5.03. The van der Waals surface area contributed by atoms with Crippen LogP contribution < -0.4 is 16.6 Å². The molecule has 0 aliphatic carbocycles. The summed E-state index contributed by atoms with van der Waals surface area (Å²) in [5.41, 5.74) is 1.81. The van der Waals surface area contributed by atoms with E-state index in [0.29, 0.717) is 17.3 Å². The molecule has 0 saturated heterocycles. The predicted octanol–water partition coefficient (Wildman–Crippen LogP) is 2.31. The van der Waals surface area contributed by atoms with Gasteiger partial charge in [-0.2, -0.15) is 0 Å². The summed E-state index contributed by atoms with van der Waals surface area (Å²) in [6.45, 7) is 1.97. The van der Waals surface area contributed by atoms with Crippen LogP contribution in [0.15, 0.2) is 64.3 Å². The molecule has 0 aliphatic rings. The van der Waals surface area contributed by atoms with Crippen LogP contribution in [-0.2, 0) is 17.8 Å². The standard InChI is InChI=1S/C22H22N4O3/c1-14(12-15-13-23-18-8-4-2-6-16(15)18)24-20(27)10-11-26-21(28)17-7-3-5-9-19(17)25-22(26)29/h2-9,13-14,23H,10-12H2,1H3,(H,24,27)(H,25,29). The monoisotopic (exact) mass is 390 g/mol. The van der Waals surface area contributed by atoms with E-state index in [2.05, 4.69) is 15.3 Å². The molecule has 7 heteroatoms. The zero-order chi connectivity index (χ0) is 20.4. The topological polar surface area (TPSA) is 99.8 Å². The van der Waals surface area contributed by atoms with E-state index in [4.69, 9.17) is 0 Å². The van der Waals surface area contributed by atoms with Crippen molar-refractivity contribution in [2.75, 3.05) is 0 Å². The minimum Gasteiger partial charge on any atom is -0.361 e. The fraction of sp³-hybridized carbons (Fsp3) is 0.227. The first kappa shape index (κ1) is 18.7. The van der Waals surface area contributed by atoms with E-state index < -0.39 is 5.69 Å². The molecule has 7 nitrogen and oxygen atoms in total. The number of fused-ring (bicyclic) bond motifs is 2. The largest absolute Gasteiger partial charge is 0.361 e. The highest BCUT2D eigenvalue weighted by Gasteiger charge is 2.13. The van der Waals surface area contributed by atoms with Crippen LogP contribution in [0, 0.1) is 0 Å². The second-order valence-electron chi connectivity index (χ2n) is 7.21. The summed E-state index contributed by atoms with van der Waals surface area (Å²) in [6, 6.07) is 14.8. The summed E-state index contributed by atoms with van der Waals surface area (Å²) in [7, 11) is 0. The first-order valence-electron chi connectivity index (χ1n) is 9.59. The van der Waals surface area contributed by atoms with E-state index in [9.17, 15) is 14.4 Å². The molecule has 0 saturated carbocycles. The van der Waals surface area contributed by atoms with Gasteiger partial charge in [0.05, 0.1) is 10.9 Å². The summed E-state index contributed by atoms with van der Waals surface area (Å²) >= 11 is 0. The van der Waals surface area contributed by atoms with Crippen LogP contribution in [0.4, 0.5) is 0 Å². The molecule has 2 heterocycles. The third-order valence-electron chi connectivity index (χ3n) is 5.06. The van der Waals surface area contributed by atoms with Crippen LogP contribution in [0.2, 0.25) is 0 Å². The highest BCUT2D eigenvalue weighted by atomic mass is 16.2. The SMILES string of the molecule is CC(Cc1c[nH]c2ccccc12)NC(=O)CCn1c(=O)[nH]c2ccccc2c1=O. The van der Waals surface area contributed by atoms with E-state index in [1.807, 2.05) is 37.4 Å². The van der Waals surface area contributed by atoms with Crippen molar-refractivity contribution in [1.82, 2.24) is 19.9 Å². The van der Waals surface area contributed by atoms with Crippen molar-refractivity contribution >= 4 is 27.7 Å². The van der Waals surface area contributed by atoms with Gasteiger partial charge in [-0.1, -0.05) is 30.3 Å². The van der Waals surface area contributed by atoms with Crippen molar-refractivity contribution in [2.45, 2.75) is 32.4 Å². The molecule has 2 aromatic heterocycles. The van der Waals surface area contributed by atoms with Gasteiger partial charge >= 0.3 is 5.69 Å².